The monoisotopic (exact) mass is 492 g/mol. The molecule has 2 aliphatic heterocycles. The zero-order chi connectivity index (χ0) is 24.6. The molecule has 0 radical (unpaired) electrons. The molecule has 3 aromatic rings. The molecule has 0 saturated carbocycles. The normalized spacial score (nSPS) is 20.3. The maximum Gasteiger partial charge on any atom is 0.257 e. The van der Waals surface area contributed by atoms with Gasteiger partial charge < -0.3 is 4.90 Å². The van der Waals surface area contributed by atoms with Gasteiger partial charge in [0.05, 0.1) is 22.8 Å². The van der Waals surface area contributed by atoms with E-state index in [1.807, 2.05) is 59.1 Å². The molecule has 1 aromatic heterocycles. The van der Waals surface area contributed by atoms with E-state index in [4.69, 9.17) is 5.10 Å². The quantitative estimate of drug-likeness (QED) is 0.546. The molecule has 2 aromatic carbocycles. The molecule has 35 heavy (non-hydrogen) atoms. The Hall–Kier alpha value is -2.97. The van der Waals surface area contributed by atoms with Crippen molar-refractivity contribution in [2.75, 3.05) is 37.7 Å². The summed E-state index contributed by atoms with van der Waals surface area (Å²) in [7, 11) is -2.92. The highest BCUT2D eigenvalue weighted by atomic mass is 32.2. The van der Waals surface area contributed by atoms with Gasteiger partial charge >= 0.3 is 0 Å². The Balaban J connectivity index is 1.42. The SMILES string of the molecule is CCc1ccc(-c2nn(-c3ccccc3C)cc2C(=O)N2CCN([C@@H]3CCS(=O)(=O)C3)CC2)cc1. The molecule has 8 heteroatoms. The Morgan fingerprint density at radius 1 is 1.03 bits per heavy atom. The lowest BCUT2D eigenvalue weighted by Crippen LogP contribution is -2.52. The van der Waals surface area contributed by atoms with Crippen LogP contribution < -0.4 is 0 Å². The second-order valence-electron chi connectivity index (χ2n) is 9.56. The molecule has 3 heterocycles. The van der Waals surface area contributed by atoms with Crippen molar-refractivity contribution in [2.45, 2.75) is 32.7 Å². The number of carbonyl (C=O) groups excluding carboxylic acids is 1. The van der Waals surface area contributed by atoms with E-state index in [2.05, 4.69) is 24.0 Å². The van der Waals surface area contributed by atoms with E-state index in [1.54, 1.807) is 0 Å². The third-order valence-electron chi connectivity index (χ3n) is 7.27. The minimum absolute atomic E-state index is 0.0295. The fourth-order valence-electron chi connectivity index (χ4n) is 5.11. The van der Waals surface area contributed by atoms with Crippen LogP contribution >= 0.6 is 0 Å². The topological polar surface area (TPSA) is 75.5 Å². The maximum atomic E-state index is 13.7. The van der Waals surface area contributed by atoms with Crippen molar-refractivity contribution in [3.63, 3.8) is 0 Å². The molecule has 2 fully saturated rings. The number of para-hydroxylation sites is 1. The number of rotatable bonds is 5. The highest BCUT2D eigenvalue weighted by Gasteiger charge is 2.35. The maximum absolute atomic E-state index is 13.7. The van der Waals surface area contributed by atoms with E-state index in [-0.39, 0.29) is 23.5 Å². The minimum atomic E-state index is -2.92. The molecule has 0 N–H and O–H groups in total. The first kappa shape index (κ1) is 23.8. The van der Waals surface area contributed by atoms with Gasteiger partial charge in [-0.1, -0.05) is 49.4 Å². The number of sulfone groups is 1. The van der Waals surface area contributed by atoms with Gasteiger partial charge in [0.15, 0.2) is 9.84 Å². The first-order chi connectivity index (χ1) is 16.8. The standard InChI is InChI=1S/C27H32N4O3S/c1-3-21-8-10-22(11-9-21)26-24(18-31(28-26)25-7-5-4-6-20(25)2)27(32)30-15-13-29(14-16-30)23-12-17-35(33,34)19-23/h4-11,18,23H,3,12-17,19H2,1-2H3/t23-/m1/s1. The van der Waals surface area contributed by atoms with Crippen LogP contribution in [0.1, 0.15) is 34.8 Å². The number of nitrogens with zero attached hydrogens (tertiary/aromatic N) is 4. The molecule has 2 saturated heterocycles. The number of amides is 1. The number of aromatic nitrogens is 2. The lowest BCUT2D eigenvalue weighted by atomic mass is 10.0. The Bertz CT molecular complexity index is 1320. The van der Waals surface area contributed by atoms with Crippen molar-refractivity contribution in [1.29, 1.82) is 0 Å². The van der Waals surface area contributed by atoms with Gasteiger partial charge in [0.2, 0.25) is 0 Å². The van der Waals surface area contributed by atoms with Crippen LogP contribution in [0.3, 0.4) is 0 Å². The van der Waals surface area contributed by atoms with Crippen LogP contribution in [0, 0.1) is 6.92 Å². The number of benzene rings is 2. The second kappa shape index (κ2) is 9.59. The number of hydrogen-bond donors (Lipinski definition) is 0. The van der Waals surface area contributed by atoms with Crippen LogP contribution in [0.15, 0.2) is 54.7 Å². The average Bonchev–Trinajstić information content (AvgIpc) is 3.47. The van der Waals surface area contributed by atoms with Crippen LogP contribution in [0.5, 0.6) is 0 Å². The third kappa shape index (κ3) is 4.90. The van der Waals surface area contributed by atoms with Gasteiger partial charge in [0.1, 0.15) is 5.69 Å². The van der Waals surface area contributed by atoms with E-state index < -0.39 is 9.84 Å². The molecule has 7 nitrogen and oxygen atoms in total. The van der Waals surface area contributed by atoms with Crippen LogP contribution in [0.2, 0.25) is 0 Å². The summed E-state index contributed by atoms with van der Waals surface area (Å²) < 4.78 is 25.6. The van der Waals surface area contributed by atoms with E-state index in [1.165, 1.54) is 5.56 Å². The summed E-state index contributed by atoms with van der Waals surface area (Å²) in [6.07, 6.45) is 3.50. The summed E-state index contributed by atoms with van der Waals surface area (Å²) in [5.41, 5.74) is 5.48. The van der Waals surface area contributed by atoms with Gasteiger partial charge in [-0.3, -0.25) is 9.69 Å². The van der Waals surface area contributed by atoms with E-state index in [0.29, 0.717) is 43.9 Å². The van der Waals surface area contributed by atoms with Crippen molar-refractivity contribution >= 4 is 15.7 Å². The molecule has 1 amide bonds. The number of piperazine rings is 1. The smallest absolute Gasteiger partial charge is 0.257 e. The van der Waals surface area contributed by atoms with Gasteiger partial charge in [0, 0.05) is 44.0 Å². The molecule has 1 atom stereocenters. The fourth-order valence-corrected chi connectivity index (χ4v) is 6.87. The van der Waals surface area contributed by atoms with Crippen LogP contribution in [-0.2, 0) is 16.3 Å². The predicted molar refractivity (Wildman–Crippen MR) is 138 cm³/mol. The molecular weight excluding hydrogens is 460 g/mol. The molecule has 0 bridgehead atoms. The zero-order valence-corrected chi connectivity index (χ0v) is 21.2. The molecular formula is C27H32N4O3S. The van der Waals surface area contributed by atoms with Gasteiger partial charge in [-0.25, -0.2) is 13.1 Å². The second-order valence-corrected chi connectivity index (χ2v) is 11.8. The number of hydrogen-bond acceptors (Lipinski definition) is 5. The Morgan fingerprint density at radius 2 is 1.74 bits per heavy atom. The van der Waals surface area contributed by atoms with Crippen molar-refractivity contribution < 1.29 is 13.2 Å². The summed E-state index contributed by atoms with van der Waals surface area (Å²) in [6.45, 7) is 6.71. The van der Waals surface area contributed by atoms with E-state index in [9.17, 15) is 13.2 Å². The molecule has 0 spiro atoms. The average molecular weight is 493 g/mol. The minimum Gasteiger partial charge on any atom is -0.336 e. The summed E-state index contributed by atoms with van der Waals surface area (Å²) >= 11 is 0. The Morgan fingerprint density at radius 3 is 2.37 bits per heavy atom. The fraction of sp³-hybridized carbons (Fsp3) is 0.407. The molecule has 0 unspecified atom stereocenters. The molecule has 5 rings (SSSR count). The molecule has 2 aliphatic rings. The van der Waals surface area contributed by atoms with Crippen molar-refractivity contribution in [3.05, 3.63) is 71.4 Å². The lowest BCUT2D eigenvalue weighted by Gasteiger charge is -2.37. The highest BCUT2D eigenvalue weighted by Crippen LogP contribution is 2.27. The first-order valence-corrected chi connectivity index (χ1v) is 14.2. The number of carbonyl (C=O) groups is 1. The Kier molecular flexibility index (Phi) is 6.51. The number of aryl methyl sites for hydroxylation is 2. The van der Waals surface area contributed by atoms with Crippen molar-refractivity contribution in [3.8, 4) is 16.9 Å². The third-order valence-corrected chi connectivity index (χ3v) is 9.02. The summed E-state index contributed by atoms with van der Waals surface area (Å²) in [4.78, 5) is 17.8. The van der Waals surface area contributed by atoms with Crippen molar-refractivity contribution in [1.82, 2.24) is 19.6 Å². The zero-order valence-electron chi connectivity index (χ0n) is 20.4. The van der Waals surface area contributed by atoms with Crippen molar-refractivity contribution in [2.24, 2.45) is 0 Å². The highest BCUT2D eigenvalue weighted by molar-refractivity contribution is 7.91. The summed E-state index contributed by atoms with van der Waals surface area (Å²) in [5, 5.41) is 4.87. The first-order valence-electron chi connectivity index (χ1n) is 12.3. The lowest BCUT2D eigenvalue weighted by molar-refractivity contribution is 0.0588. The largest absolute Gasteiger partial charge is 0.336 e. The van der Waals surface area contributed by atoms with Gasteiger partial charge in [-0.2, -0.15) is 5.10 Å². The van der Waals surface area contributed by atoms with Gasteiger partial charge in [0.25, 0.3) is 5.91 Å². The molecule has 0 aliphatic carbocycles. The predicted octanol–water partition coefficient (Wildman–Crippen LogP) is 3.36. The van der Waals surface area contributed by atoms with Gasteiger partial charge in [-0.05, 0) is 37.0 Å². The van der Waals surface area contributed by atoms with Crippen LogP contribution in [0.25, 0.3) is 16.9 Å². The summed E-state index contributed by atoms with van der Waals surface area (Å²) in [6, 6.07) is 16.4. The van der Waals surface area contributed by atoms with Gasteiger partial charge in [-0.15, -0.1) is 0 Å². The molecule has 184 valence electrons. The van der Waals surface area contributed by atoms with Crippen LogP contribution in [0.4, 0.5) is 0 Å². The van der Waals surface area contributed by atoms with E-state index >= 15 is 0 Å². The van der Waals surface area contributed by atoms with E-state index in [0.717, 1.165) is 23.2 Å². The van der Waals surface area contributed by atoms with Crippen LogP contribution in [-0.4, -0.2) is 77.6 Å². The summed E-state index contributed by atoms with van der Waals surface area (Å²) in [5.74, 6) is 0.481. The Labute approximate surface area is 207 Å².